The minimum atomic E-state index is 0. The SMILES string of the molecule is Cc1cc(C)n(CC(C)N)n1.Cl. The van der Waals surface area contributed by atoms with E-state index in [0.717, 1.165) is 12.2 Å². The molecule has 0 aliphatic carbocycles. The van der Waals surface area contributed by atoms with Crippen molar-refractivity contribution in [2.45, 2.75) is 33.4 Å². The average Bonchev–Trinajstić information content (AvgIpc) is 2.09. The third kappa shape index (κ3) is 2.83. The molecule has 0 aliphatic rings. The maximum Gasteiger partial charge on any atom is 0.0596 e. The molecule has 0 saturated carbocycles. The minimum Gasteiger partial charge on any atom is -0.326 e. The van der Waals surface area contributed by atoms with E-state index in [0.29, 0.717) is 0 Å². The first-order valence-electron chi connectivity index (χ1n) is 3.86. The van der Waals surface area contributed by atoms with Crippen LogP contribution in [0.15, 0.2) is 6.07 Å². The van der Waals surface area contributed by atoms with Gasteiger partial charge in [0.2, 0.25) is 0 Å². The van der Waals surface area contributed by atoms with E-state index in [2.05, 4.69) is 11.2 Å². The van der Waals surface area contributed by atoms with Crippen LogP contribution in [0.5, 0.6) is 0 Å². The fourth-order valence-electron chi connectivity index (χ4n) is 1.13. The summed E-state index contributed by atoms with van der Waals surface area (Å²) in [4.78, 5) is 0. The molecule has 0 radical (unpaired) electrons. The van der Waals surface area contributed by atoms with E-state index in [1.807, 2.05) is 25.5 Å². The largest absolute Gasteiger partial charge is 0.326 e. The molecule has 1 aromatic rings. The molecule has 4 heteroatoms. The Morgan fingerprint density at radius 2 is 2.17 bits per heavy atom. The molecule has 0 saturated heterocycles. The van der Waals surface area contributed by atoms with Crippen LogP contribution >= 0.6 is 12.4 Å². The van der Waals surface area contributed by atoms with Crippen LogP contribution in [0.25, 0.3) is 0 Å². The molecule has 0 amide bonds. The van der Waals surface area contributed by atoms with Gasteiger partial charge in [-0.15, -0.1) is 12.4 Å². The van der Waals surface area contributed by atoms with Crippen LogP contribution in [0, 0.1) is 13.8 Å². The van der Waals surface area contributed by atoms with E-state index in [1.165, 1.54) is 5.69 Å². The average molecular weight is 190 g/mol. The van der Waals surface area contributed by atoms with Crippen molar-refractivity contribution in [3.05, 3.63) is 17.5 Å². The van der Waals surface area contributed by atoms with Crippen LogP contribution in [0.4, 0.5) is 0 Å². The summed E-state index contributed by atoms with van der Waals surface area (Å²) >= 11 is 0. The van der Waals surface area contributed by atoms with Crippen molar-refractivity contribution < 1.29 is 0 Å². The third-order valence-electron chi connectivity index (χ3n) is 1.56. The van der Waals surface area contributed by atoms with E-state index in [9.17, 15) is 0 Å². The number of aryl methyl sites for hydroxylation is 2. The number of hydrogen-bond donors (Lipinski definition) is 1. The van der Waals surface area contributed by atoms with Crippen molar-refractivity contribution in [1.29, 1.82) is 0 Å². The number of rotatable bonds is 2. The number of aromatic nitrogens is 2. The van der Waals surface area contributed by atoms with Gasteiger partial charge in [0.1, 0.15) is 0 Å². The molecule has 0 aromatic carbocycles. The molecule has 0 aliphatic heterocycles. The molecule has 2 N–H and O–H groups in total. The van der Waals surface area contributed by atoms with Crippen molar-refractivity contribution in [3.63, 3.8) is 0 Å². The molecule has 1 heterocycles. The number of nitrogens with two attached hydrogens (primary N) is 1. The zero-order valence-corrected chi connectivity index (χ0v) is 8.56. The first-order chi connectivity index (χ1) is 5.09. The van der Waals surface area contributed by atoms with E-state index in [1.54, 1.807) is 0 Å². The maximum absolute atomic E-state index is 5.64. The summed E-state index contributed by atoms with van der Waals surface area (Å²) in [5, 5.41) is 4.29. The van der Waals surface area contributed by atoms with E-state index < -0.39 is 0 Å². The topological polar surface area (TPSA) is 43.8 Å². The lowest BCUT2D eigenvalue weighted by atomic mass is 10.3. The lowest BCUT2D eigenvalue weighted by molar-refractivity contribution is 0.525. The van der Waals surface area contributed by atoms with Gasteiger partial charge in [-0.05, 0) is 26.8 Å². The summed E-state index contributed by atoms with van der Waals surface area (Å²) < 4.78 is 1.94. The second-order valence-electron chi connectivity index (χ2n) is 3.09. The molecule has 12 heavy (non-hydrogen) atoms. The predicted octanol–water partition coefficient (Wildman–Crippen LogP) is 1.27. The standard InChI is InChI=1S/C8H15N3.ClH/c1-6(9)5-11-8(3)4-7(2)10-11;/h4,6H,5,9H2,1-3H3;1H. The molecular formula is C8H16ClN3. The van der Waals surface area contributed by atoms with Gasteiger partial charge in [-0.25, -0.2) is 0 Å². The van der Waals surface area contributed by atoms with Crippen molar-refractivity contribution in [2.75, 3.05) is 0 Å². The molecule has 70 valence electrons. The van der Waals surface area contributed by atoms with Gasteiger partial charge in [-0.2, -0.15) is 5.10 Å². The second kappa shape index (κ2) is 4.48. The number of nitrogens with zero attached hydrogens (tertiary/aromatic N) is 2. The van der Waals surface area contributed by atoms with Crippen LogP contribution < -0.4 is 5.73 Å². The Morgan fingerprint density at radius 3 is 2.50 bits per heavy atom. The molecule has 3 nitrogen and oxygen atoms in total. The summed E-state index contributed by atoms with van der Waals surface area (Å²) in [6.45, 7) is 6.82. The Balaban J connectivity index is 0.00000121. The summed E-state index contributed by atoms with van der Waals surface area (Å²) in [5.41, 5.74) is 7.88. The predicted molar refractivity (Wildman–Crippen MR) is 52.6 cm³/mol. The van der Waals surface area contributed by atoms with Gasteiger partial charge in [0.25, 0.3) is 0 Å². The van der Waals surface area contributed by atoms with Gasteiger partial charge < -0.3 is 5.73 Å². The summed E-state index contributed by atoms with van der Waals surface area (Å²) in [6.07, 6.45) is 0. The Bertz CT molecular complexity index is 242. The highest BCUT2D eigenvalue weighted by atomic mass is 35.5. The number of hydrogen-bond acceptors (Lipinski definition) is 2. The van der Waals surface area contributed by atoms with E-state index >= 15 is 0 Å². The molecule has 0 bridgehead atoms. The van der Waals surface area contributed by atoms with Crippen LogP contribution in [-0.4, -0.2) is 15.8 Å². The van der Waals surface area contributed by atoms with Gasteiger partial charge >= 0.3 is 0 Å². The normalized spacial score (nSPS) is 12.3. The van der Waals surface area contributed by atoms with Crippen molar-refractivity contribution >= 4 is 12.4 Å². The molecule has 0 fully saturated rings. The third-order valence-corrected chi connectivity index (χ3v) is 1.56. The van der Waals surface area contributed by atoms with Crippen LogP contribution in [-0.2, 0) is 6.54 Å². The van der Waals surface area contributed by atoms with Crippen molar-refractivity contribution in [1.82, 2.24) is 9.78 Å². The first kappa shape index (κ1) is 11.5. The van der Waals surface area contributed by atoms with Gasteiger partial charge in [0.05, 0.1) is 12.2 Å². The molecule has 1 rings (SSSR count). The highest BCUT2D eigenvalue weighted by Crippen LogP contribution is 2.01. The molecule has 1 atom stereocenters. The molecular weight excluding hydrogens is 174 g/mol. The lowest BCUT2D eigenvalue weighted by Crippen LogP contribution is -2.23. The van der Waals surface area contributed by atoms with Gasteiger partial charge in [0, 0.05) is 11.7 Å². The summed E-state index contributed by atoms with van der Waals surface area (Å²) in [5.74, 6) is 0. The van der Waals surface area contributed by atoms with Gasteiger partial charge in [-0.3, -0.25) is 4.68 Å². The zero-order valence-electron chi connectivity index (χ0n) is 7.74. The Morgan fingerprint density at radius 1 is 1.58 bits per heavy atom. The van der Waals surface area contributed by atoms with Crippen LogP contribution in [0.2, 0.25) is 0 Å². The van der Waals surface area contributed by atoms with E-state index in [-0.39, 0.29) is 18.4 Å². The highest BCUT2D eigenvalue weighted by Gasteiger charge is 2.01. The highest BCUT2D eigenvalue weighted by molar-refractivity contribution is 5.85. The molecule has 1 aromatic heterocycles. The Labute approximate surface area is 79.4 Å². The lowest BCUT2D eigenvalue weighted by Gasteiger charge is -2.06. The molecule has 1 unspecified atom stereocenters. The summed E-state index contributed by atoms with van der Waals surface area (Å²) in [6, 6.07) is 2.23. The van der Waals surface area contributed by atoms with Crippen LogP contribution in [0.1, 0.15) is 18.3 Å². The maximum atomic E-state index is 5.64. The zero-order chi connectivity index (χ0) is 8.43. The van der Waals surface area contributed by atoms with Gasteiger partial charge in [-0.1, -0.05) is 0 Å². The minimum absolute atomic E-state index is 0. The first-order valence-corrected chi connectivity index (χ1v) is 3.86. The number of halogens is 1. The Hall–Kier alpha value is -0.540. The molecule has 0 spiro atoms. The summed E-state index contributed by atoms with van der Waals surface area (Å²) in [7, 11) is 0. The quantitative estimate of drug-likeness (QED) is 0.762. The van der Waals surface area contributed by atoms with Gasteiger partial charge in [0.15, 0.2) is 0 Å². The van der Waals surface area contributed by atoms with Crippen molar-refractivity contribution in [3.8, 4) is 0 Å². The fourth-order valence-corrected chi connectivity index (χ4v) is 1.13. The van der Waals surface area contributed by atoms with Crippen LogP contribution in [0.3, 0.4) is 0 Å². The van der Waals surface area contributed by atoms with Crippen molar-refractivity contribution in [2.24, 2.45) is 5.73 Å². The van der Waals surface area contributed by atoms with E-state index in [4.69, 9.17) is 5.73 Å². The fraction of sp³-hybridized carbons (Fsp3) is 0.625. The smallest absolute Gasteiger partial charge is 0.0596 e. The second-order valence-corrected chi connectivity index (χ2v) is 3.09. The monoisotopic (exact) mass is 189 g/mol. The Kier molecular flexibility index (Phi) is 4.28.